The Morgan fingerprint density at radius 1 is 1.04 bits per heavy atom. The maximum absolute atomic E-state index is 14.0. The fourth-order valence-corrected chi connectivity index (χ4v) is 7.92. The summed E-state index contributed by atoms with van der Waals surface area (Å²) in [7, 11) is 3.78. The van der Waals surface area contributed by atoms with Gasteiger partial charge in [0.1, 0.15) is 23.9 Å². The van der Waals surface area contributed by atoms with E-state index in [2.05, 4.69) is 15.5 Å². The predicted octanol–water partition coefficient (Wildman–Crippen LogP) is -0.0913. The summed E-state index contributed by atoms with van der Waals surface area (Å²) in [4.78, 5) is 18.0. The van der Waals surface area contributed by atoms with Crippen LogP contribution in [0.4, 0.5) is 0 Å². The molecule has 13 heteroatoms. The third-order valence-electron chi connectivity index (χ3n) is 11.1. The zero-order valence-electron chi connectivity index (χ0n) is 30.5. The van der Waals surface area contributed by atoms with Crippen LogP contribution in [-0.2, 0) is 19.0 Å². The fraction of sp³-hybridized carbons (Fsp3) is 0.971. The minimum Gasteiger partial charge on any atom is -0.459 e. The highest BCUT2D eigenvalue weighted by molar-refractivity contribution is 5.74. The molecule has 14 atom stereocenters. The summed E-state index contributed by atoms with van der Waals surface area (Å²) >= 11 is 0. The number of carbonyl (C=O) groups excluding carboxylic acids is 1. The van der Waals surface area contributed by atoms with Gasteiger partial charge in [-0.05, 0) is 80.4 Å². The standard InChI is InChI=1S/C34H66N4O9/c1-11-26-33(8,43)28(40)24(6)36-18-20(2)17-32(7,42)29(47-31-27(39)25(37(9)10)16-21(3)45-31)22(4)34(44,23(5)30(41)46-26)19-38-14-12-35-13-15-38/h20-29,31,35-36,39-40,42-44H,11-19H2,1-10H3/t20-,21-,22-,23?,24-,25+,26-,27-,28-,29-,31+,32+,33-,34-/m1/s1. The molecule has 276 valence electrons. The molecule has 0 bridgehead atoms. The van der Waals surface area contributed by atoms with E-state index < -0.39 is 71.4 Å². The first-order valence-electron chi connectivity index (χ1n) is 17.6. The van der Waals surface area contributed by atoms with Crippen LogP contribution in [0.25, 0.3) is 0 Å². The zero-order chi connectivity index (χ0) is 35.5. The SMILES string of the molecule is CC[C@H]1OC(=O)C(C)[C@@](O)(CN2CCNCC2)[C@H](C)[C@@H](O[C@@H]2O[C@H](C)C[C@H](N(C)C)[C@H]2O)[C@@](C)(O)C[C@@H](C)CN[C@H](C)[C@@H](O)[C@]1(C)O. The number of likely N-dealkylation sites (N-methyl/N-ethyl adjacent to an activating group) is 1. The summed E-state index contributed by atoms with van der Waals surface area (Å²) in [5.74, 6) is -2.86. The maximum Gasteiger partial charge on any atom is 0.312 e. The molecule has 47 heavy (non-hydrogen) atoms. The van der Waals surface area contributed by atoms with Crippen LogP contribution >= 0.6 is 0 Å². The van der Waals surface area contributed by atoms with Gasteiger partial charge in [-0.25, -0.2) is 0 Å². The lowest BCUT2D eigenvalue weighted by Crippen LogP contribution is -2.65. The normalized spacial score (nSPS) is 47.2. The summed E-state index contributed by atoms with van der Waals surface area (Å²) in [6.45, 7) is 17.1. The second-order valence-electron chi connectivity index (χ2n) is 15.5. The summed E-state index contributed by atoms with van der Waals surface area (Å²) in [6, 6.07) is -0.826. The molecular formula is C34H66N4O9. The maximum atomic E-state index is 14.0. The van der Waals surface area contributed by atoms with Crippen molar-refractivity contribution in [2.75, 3.05) is 53.4 Å². The Kier molecular flexibility index (Phi) is 14.1. The van der Waals surface area contributed by atoms with Gasteiger partial charge in [-0.1, -0.05) is 20.8 Å². The fourth-order valence-electron chi connectivity index (χ4n) is 7.92. The molecule has 3 rings (SSSR count). The molecule has 0 aromatic heterocycles. The molecule has 3 aliphatic heterocycles. The van der Waals surface area contributed by atoms with Crippen molar-refractivity contribution in [2.45, 2.75) is 140 Å². The number of piperazine rings is 1. The number of nitrogens with zero attached hydrogens (tertiary/aromatic N) is 2. The van der Waals surface area contributed by atoms with Crippen LogP contribution in [0.15, 0.2) is 0 Å². The smallest absolute Gasteiger partial charge is 0.312 e. The lowest BCUT2D eigenvalue weighted by atomic mass is 9.70. The monoisotopic (exact) mass is 674 g/mol. The van der Waals surface area contributed by atoms with Crippen LogP contribution in [0.3, 0.4) is 0 Å². The van der Waals surface area contributed by atoms with E-state index in [0.717, 1.165) is 0 Å². The lowest BCUT2D eigenvalue weighted by molar-refractivity contribution is -0.305. The van der Waals surface area contributed by atoms with Gasteiger partial charge in [0.05, 0.1) is 29.3 Å². The molecule has 3 heterocycles. The van der Waals surface area contributed by atoms with Crippen LogP contribution in [0.1, 0.15) is 74.7 Å². The van der Waals surface area contributed by atoms with Gasteiger partial charge < -0.3 is 55.3 Å². The largest absolute Gasteiger partial charge is 0.459 e. The van der Waals surface area contributed by atoms with Gasteiger partial charge >= 0.3 is 5.97 Å². The van der Waals surface area contributed by atoms with Crippen molar-refractivity contribution in [3.8, 4) is 0 Å². The molecule has 3 fully saturated rings. The first kappa shape index (κ1) is 40.5. The Labute approximate surface area is 282 Å². The van der Waals surface area contributed by atoms with Gasteiger partial charge in [0.25, 0.3) is 0 Å². The van der Waals surface area contributed by atoms with Crippen molar-refractivity contribution in [1.82, 2.24) is 20.4 Å². The van der Waals surface area contributed by atoms with Crippen molar-refractivity contribution >= 4 is 5.97 Å². The van der Waals surface area contributed by atoms with E-state index in [9.17, 15) is 30.3 Å². The molecule has 0 spiro atoms. The highest BCUT2D eigenvalue weighted by Gasteiger charge is 2.55. The Bertz CT molecular complexity index is 997. The van der Waals surface area contributed by atoms with Crippen molar-refractivity contribution in [3.05, 3.63) is 0 Å². The minimum atomic E-state index is -1.78. The Balaban J connectivity index is 2.14. The molecule has 0 radical (unpaired) electrons. The number of β-amino-alcohol motifs (C(OH)–C–C–N with tert-alkyl or cyclic N) is 1. The number of aliphatic hydroxyl groups is 5. The number of carbonyl (C=O) groups is 1. The number of nitrogens with one attached hydrogen (secondary N) is 2. The van der Waals surface area contributed by atoms with E-state index in [4.69, 9.17) is 14.2 Å². The zero-order valence-corrected chi connectivity index (χ0v) is 30.5. The summed E-state index contributed by atoms with van der Waals surface area (Å²) in [5.41, 5.74) is -5.13. The van der Waals surface area contributed by atoms with Crippen LogP contribution in [-0.4, -0.2) is 160 Å². The summed E-state index contributed by atoms with van der Waals surface area (Å²) < 4.78 is 18.7. The van der Waals surface area contributed by atoms with Gasteiger partial charge in [0.2, 0.25) is 0 Å². The molecule has 7 N–H and O–H groups in total. The Morgan fingerprint density at radius 3 is 2.23 bits per heavy atom. The molecule has 1 unspecified atom stereocenters. The van der Waals surface area contributed by atoms with Gasteiger partial charge in [-0.2, -0.15) is 0 Å². The number of esters is 1. The van der Waals surface area contributed by atoms with E-state index in [-0.39, 0.29) is 37.5 Å². The van der Waals surface area contributed by atoms with Crippen LogP contribution in [0.5, 0.6) is 0 Å². The average Bonchev–Trinajstić information content (AvgIpc) is 3.00. The molecular weight excluding hydrogens is 608 g/mol. The number of aliphatic hydroxyl groups excluding tert-OH is 2. The highest BCUT2D eigenvalue weighted by atomic mass is 16.7. The van der Waals surface area contributed by atoms with Gasteiger partial charge in [-0.3, -0.25) is 9.69 Å². The van der Waals surface area contributed by atoms with Gasteiger partial charge in [-0.15, -0.1) is 0 Å². The van der Waals surface area contributed by atoms with E-state index in [1.165, 1.54) is 6.92 Å². The number of cyclic esters (lactones) is 1. The highest BCUT2D eigenvalue weighted by Crippen LogP contribution is 2.41. The lowest BCUT2D eigenvalue weighted by Gasteiger charge is -2.50. The van der Waals surface area contributed by atoms with E-state index in [1.54, 1.807) is 34.6 Å². The minimum absolute atomic E-state index is 0.0941. The molecule has 0 aromatic rings. The molecule has 0 amide bonds. The number of hydrogen-bond acceptors (Lipinski definition) is 13. The van der Waals surface area contributed by atoms with Crippen molar-refractivity contribution in [1.29, 1.82) is 0 Å². The van der Waals surface area contributed by atoms with E-state index in [1.807, 2.05) is 32.8 Å². The summed E-state index contributed by atoms with van der Waals surface area (Å²) in [6.07, 6.45) is -4.72. The molecule has 3 aliphatic rings. The third-order valence-corrected chi connectivity index (χ3v) is 11.1. The van der Waals surface area contributed by atoms with Gasteiger partial charge in [0.15, 0.2) is 6.29 Å². The second-order valence-corrected chi connectivity index (χ2v) is 15.5. The first-order chi connectivity index (χ1) is 21.8. The first-order valence-corrected chi connectivity index (χ1v) is 17.6. The van der Waals surface area contributed by atoms with Crippen molar-refractivity contribution < 1.29 is 44.5 Å². The number of ether oxygens (including phenoxy) is 3. The third kappa shape index (κ3) is 9.43. The van der Waals surface area contributed by atoms with Crippen molar-refractivity contribution in [2.24, 2.45) is 17.8 Å². The number of rotatable bonds is 6. The number of hydrogen-bond donors (Lipinski definition) is 7. The Hall–Kier alpha value is -0.970. The molecule has 0 saturated carbocycles. The van der Waals surface area contributed by atoms with Crippen molar-refractivity contribution in [3.63, 3.8) is 0 Å². The van der Waals surface area contributed by atoms with Crippen LogP contribution in [0.2, 0.25) is 0 Å². The molecule has 13 nitrogen and oxygen atoms in total. The molecule has 3 saturated heterocycles. The van der Waals surface area contributed by atoms with Gasteiger partial charge in [0, 0.05) is 50.7 Å². The summed E-state index contributed by atoms with van der Waals surface area (Å²) in [5, 5.41) is 66.0. The second kappa shape index (κ2) is 16.4. The molecule has 0 aromatic carbocycles. The topological polar surface area (TPSA) is 176 Å². The quantitative estimate of drug-likeness (QED) is 0.186. The van der Waals surface area contributed by atoms with E-state index >= 15 is 0 Å². The average molecular weight is 675 g/mol. The predicted molar refractivity (Wildman–Crippen MR) is 179 cm³/mol. The Morgan fingerprint density at radius 2 is 1.66 bits per heavy atom. The van der Waals surface area contributed by atoms with Crippen LogP contribution in [0, 0.1) is 17.8 Å². The van der Waals surface area contributed by atoms with E-state index in [0.29, 0.717) is 39.1 Å². The van der Waals surface area contributed by atoms with Crippen LogP contribution < -0.4 is 10.6 Å². The molecule has 0 aliphatic carbocycles.